The average molecular weight is 213 g/mol. The second-order valence-corrected chi connectivity index (χ2v) is 3.49. The second-order valence-electron chi connectivity index (χ2n) is 3.05. The fourth-order valence-corrected chi connectivity index (χ4v) is 1.44. The molecule has 1 aromatic rings. The summed E-state index contributed by atoms with van der Waals surface area (Å²) in [5.41, 5.74) is 0.621. The van der Waals surface area contributed by atoms with Crippen LogP contribution in [0, 0.1) is 0 Å². The molecule has 2 nitrogen and oxygen atoms in total. The van der Waals surface area contributed by atoms with Crippen molar-refractivity contribution in [3.8, 4) is 5.75 Å². The molecule has 0 heterocycles. The van der Waals surface area contributed by atoms with Crippen molar-refractivity contribution in [1.29, 1.82) is 0 Å². The highest BCUT2D eigenvalue weighted by Gasteiger charge is 2.07. The van der Waals surface area contributed by atoms with Crippen molar-refractivity contribution in [3.63, 3.8) is 0 Å². The lowest BCUT2D eigenvalue weighted by atomic mass is 10.1. The van der Waals surface area contributed by atoms with Crippen LogP contribution in [0.2, 0.25) is 5.02 Å². The summed E-state index contributed by atoms with van der Waals surface area (Å²) >= 11 is 5.84. The maximum atomic E-state index is 11.6. The Balaban J connectivity index is 2.96. The first-order chi connectivity index (χ1) is 6.67. The van der Waals surface area contributed by atoms with Gasteiger partial charge >= 0.3 is 0 Å². The van der Waals surface area contributed by atoms with Crippen molar-refractivity contribution < 1.29 is 9.53 Å². The molecule has 0 radical (unpaired) electrons. The van der Waals surface area contributed by atoms with Crippen LogP contribution in [0.15, 0.2) is 18.2 Å². The Bertz CT molecular complexity index is 334. The molecule has 0 bridgehead atoms. The zero-order valence-electron chi connectivity index (χ0n) is 8.34. The van der Waals surface area contributed by atoms with Gasteiger partial charge in [0.2, 0.25) is 0 Å². The molecule has 76 valence electrons. The molecule has 0 saturated heterocycles. The van der Waals surface area contributed by atoms with Gasteiger partial charge in [0.05, 0.1) is 7.11 Å². The highest BCUT2D eigenvalue weighted by Crippen LogP contribution is 2.21. The molecule has 1 rings (SSSR count). The van der Waals surface area contributed by atoms with Gasteiger partial charge in [-0.2, -0.15) is 0 Å². The van der Waals surface area contributed by atoms with E-state index in [0.717, 1.165) is 6.42 Å². The molecule has 0 aliphatic carbocycles. The van der Waals surface area contributed by atoms with Crippen LogP contribution < -0.4 is 4.74 Å². The predicted molar refractivity (Wildman–Crippen MR) is 57.2 cm³/mol. The molecule has 0 aliphatic rings. The summed E-state index contributed by atoms with van der Waals surface area (Å²) in [6.07, 6.45) is 1.39. The summed E-state index contributed by atoms with van der Waals surface area (Å²) in [6, 6.07) is 5.07. The van der Waals surface area contributed by atoms with Gasteiger partial charge in [-0.25, -0.2) is 0 Å². The van der Waals surface area contributed by atoms with Crippen molar-refractivity contribution in [2.24, 2.45) is 0 Å². The van der Waals surface area contributed by atoms with E-state index in [-0.39, 0.29) is 5.78 Å². The summed E-state index contributed by atoms with van der Waals surface area (Å²) in [7, 11) is 1.56. The molecule has 0 fully saturated rings. The minimum absolute atomic E-state index is 0.105. The first-order valence-corrected chi connectivity index (χ1v) is 4.93. The number of rotatable bonds is 4. The topological polar surface area (TPSA) is 26.3 Å². The van der Waals surface area contributed by atoms with E-state index in [0.29, 0.717) is 22.8 Å². The van der Waals surface area contributed by atoms with Gasteiger partial charge in [-0.15, -0.1) is 0 Å². The van der Waals surface area contributed by atoms with Gasteiger partial charge in [-0.05, 0) is 24.6 Å². The average Bonchev–Trinajstić information content (AvgIpc) is 2.17. The molecule has 0 N–H and O–H groups in total. The van der Waals surface area contributed by atoms with E-state index in [1.165, 1.54) is 0 Å². The second kappa shape index (κ2) is 5.01. The van der Waals surface area contributed by atoms with E-state index in [2.05, 4.69) is 0 Å². The first-order valence-electron chi connectivity index (χ1n) is 4.55. The van der Waals surface area contributed by atoms with Gasteiger partial charge in [-0.3, -0.25) is 4.79 Å². The lowest BCUT2D eigenvalue weighted by Gasteiger charge is -2.04. The van der Waals surface area contributed by atoms with E-state index in [1.54, 1.807) is 25.3 Å². The summed E-state index contributed by atoms with van der Waals surface area (Å²) in [5.74, 6) is 0.727. The minimum Gasteiger partial charge on any atom is -0.497 e. The number of ketones is 1. The molecule has 0 atom stereocenters. The number of halogens is 1. The molecule has 14 heavy (non-hydrogen) atoms. The summed E-state index contributed by atoms with van der Waals surface area (Å²) < 4.78 is 5.03. The number of hydrogen-bond donors (Lipinski definition) is 0. The normalized spacial score (nSPS) is 9.93. The molecule has 0 spiro atoms. The maximum absolute atomic E-state index is 11.6. The Morgan fingerprint density at radius 2 is 2.14 bits per heavy atom. The summed E-state index contributed by atoms with van der Waals surface area (Å²) in [5, 5.41) is 0.531. The van der Waals surface area contributed by atoms with E-state index in [9.17, 15) is 4.79 Å². The maximum Gasteiger partial charge on any atom is 0.163 e. The van der Waals surface area contributed by atoms with Crippen LogP contribution in [-0.2, 0) is 0 Å². The molecule has 0 saturated carbocycles. The number of carbonyl (C=O) groups excluding carboxylic acids is 1. The largest absolute Gasteiger partial charge is 0.497 e. The van der Waals surface area contributed by atoms with Gasteiger partial charge in [-0.1, -0.05) is 18.5 Å². The molecular formula is C11H13ClO2. The quantitative estimate of drug-likeness (QED) is 0.716. The first kappa shape index (κ1) is 11.1. The van der Waals surface area contributed by atoms with Crippen LogP contribution in [0.4, 0.5) is 0 Å². The minimum atomic E-state index is 0.105. The van der Waals surface area contributed by atoms with Crippen molar-refractivity contribution in [1.82, 2.24) is 0 Å². The van der Waals surface area contributed by atoms with Crippen LogP contribution >= 0.6 is 11.6 Å². The van der Waals surface area contributed by atoms with Crippen LogP contribution in [0.25, 0.3) is 0 Å². The van der Waals surface area contributed by atoms with Crippen molar-refractivity contribution in [2.75, 3.05) is 7.11 Å². The van der Waals surface area contributed by atoms with Gasteiger partial charge in [0, 0.05) is 17.0 Å². The molecule has 0 aliphatic heterocycles. The number of benzene rings is 1. The van der Waals surface area contributed by atoms with Crippen molar-refractivity contribution in [3.05, 3.63) is 28.8 Å². The number of methoxy groups -OCH3 is 1. The number of hydrogen-bond acceptors (Lipinski definition) is 2. The van der Waals surface area contributed by atoms with Gasteiger partial charge in [0.25, 0.3) is 0 Å². The smallest absolute Gasteiger partial charge is 0.163 e. The van der Waals surface area contributed by atoms with Gasteiger partial charge < -0.3 is 4.74 Å². The SMILES string of the molecule is CCCC(=O)c1cc(Cl)cc(OC)c1. The third kappa shape index (κ3) is 2.74. The molecular weight excluding hydrogens is 200 g/mol. The monoisotopic (exact) mass is 212 g/mol. The van der Waals surface area contributed by atoms with E-state index in [4.69, 9.17) is 16.3 Å². The lowest BCUT2D eigenvalue weighted by molar-refractivity contribution is 0.0981. The zero-order chi connectivity index (χ0) is 10.6. The number of carbonyl (C=O) groups is 1. The van der Waals surface area contributed by atoms with Gasteiger partial charge in [0.15, 0.2) is 5.78 Å². The molecule has 1 aromatic carbocycles. The summed E-state index contributed by atoms with van der Waals surface area (Å²) in [4.78, 5) is 11.6. The number of Topliss-reactive ketones (excluding diaryl/α,β-unsaturated/α-hetero) is 1. The predicted octanol–water partition coefficient (Wildman–Crippen LogP) is 3.33. The lowest BCUT2D eigenvalue weighted by Crippen LogP contribution is -1.98. The number of ether oxygens (including phenoxy) is 1. The fourth-order valence-electron chi connectivity index (χ4n) is 1.21. The Hall–Kier alpha value is -1.02. The van der Waals surface area contributed by atoms with Crippen LogP contribution in [0.5, 0.6) is 5.75 Å². The van der Waals surface area contributed by atoms with Crippen LogP contribution in [-0.4, -0.2) is 12.9 Å². The van der Waals surface area contributed by atoms with E-state index < -0.39 is 0 Å². The Morgan fingerprint density at radius 3 is 2.71 bits per heavy atom. The van der Waals surface area contributed by atoms with Crippen molar-refractivity contribution >= 4 is 17.4 Å². The standard InChI is InChI=1S/C11H13ClO2/c1-3-4-11(13)8-5-9(12)7-10(6-8)14-2/h5-7H,3-4H2,1-2H3. The third-order valence-electron chi connectivity index (χ3n) is 1.91. The van der Waals surface area contributed by atoms with Crippen LogP contribution in [0.3, 0.4) is 0 Å². The highest BCUT2D eigenvalue weighted by molar-refractivity contribution is 6.31. The molecule has 0 unspecified atom stereocenters. The van der Waals surface area contributed by atoms with E-state index in [1.807, 2.05) is 6.92 Å². The molecule has 0 aromatic heterocycles. The molecule has 3 heteroatoms. The Labute approximate surface area is 88.8 Å². The Morgan fingerprint density at radius 1 is 1.43 bits per heavy atom. The molecule has 0 amide bonds. The Kier molecular flexibility index (Phi) is 3.96. The zero-order valence-corrected chi connectivity index (χ0v) is 9.10. The third-order valence-corrected chi connectivity index (χ3v) is 2.12. The van der Waals surface area contributed by atoms with Crippen LogP contribution in [0.1, 0.15) is 30.1 Å². The summed E-state index contributed by atoms with van der Waals surface area (Å²) in [6.45, 7) is 1.97. The highest BCUT2D eigenvalue weighted by atomic mass is 35.5. The van der Waals surface area contributed by atoms with E-state index >= 15 is 0 Å². The van der Waals surface area contributed by atoms with Gasteiger partial charge in [0.1, 0.15) is 5.75 Å². The fraction of sp³-hybridized carbons (Fsp3) is 0.364. The van der Waals surface area contributed by atoms with Crippen molar-refractivity contribution in [2.45, 2.75) is 19.8 Å².